The van der Waals surface area contributed by atoms with Crippen LogP contribution in [0.3, 0.4) is 0 Å². The number of aromatic hydroxyl groups is 2. The van der Waals surface area contributed by atoms with Gasteiger partial charge in [-0.1, -0.05) is 0 Å². The molecule has 0 spiro atoms. The predicted molar refractivity (Wildman–Crippen MR) is 47.3 cm³/mol. The molecular weight excluding hydrogens is 173 g/mol. The van der Waals surface area contributed by atoms with Gasteiger partial charge in [-0.3, -0.25) is 4.39 Å². The maximum Gasteiger partial charge on any atom is 0.119 e. The van der Waals surface area contributed by atoms with Crippen LogP contribution in [0.4, 0.5) is 4.39 Å². The topological polar surface area (TPSA) is 66.5 Å². The quantitative estimate of drug-likeness (QED) is 0.667. The van der Waals surface area contributed by atoms with E-state index in [1.807, 2.05) is 0 Å². The smallest absolute Gasteiger partial charge is 0.119 e. The second-order valence-electron chi connectivity index (χ2n) is 2.87. The van der Waals surface area contributed by atoms with Gasteiger partial charge in [-0.2, -0.15) is 0 Å². The fraction of sp³-hybridized carbons (Fsp3) is 0.333. The molecule has 13 heavy (non-hydrogen) atoms. The molecule has 3 nitrogen and oxygen atoms in total. The van der Waals surface area contributed by atoms with Crippen molar-refractivity contribution in [1.82, 2.24) is 0 Å². The Bertz CT molecular complexity index is 271. The van der Waals surface area contributed by atoms with Crippen LogP contribution in [-0.2, 0) is 0 Å². The number of phenols is 2. The van der Waals surface area contributed by atoms with Crippen molar-refractivity contribution in [2.45, 2.75) is 12.5 Å². The van der Waals surface area contributed by atoms with Crippen molar-refractivity contribution in [2.24, 2.45) is 5.73 Å². The lowest BCUT2D eigenvalue weighted by molar-refractivity contribution is 0.431. The number of phenolic OH excluding ortho intramolecular Hbond substituents is 2. The van der Waals surface area contributed by atoms with Crippen molar-refractivity contribution in [3.8, 4) is 11.5 Å². The monoisotopic (exact) mass is 185 g/mol. The summed E-state index contributed by atoms with van der Waals surface area (Å²) in [4.78, 5) is 0. The fourth-order valence-electron chi connectivity index (χ4n) is 1.12. The van der Waals surface area contributed by atoms with E-state index in [9.17, 15) is 4.39 Å². The van der Waals surface area contributed by atoms with E-state index in [-0.39, 0.29) is 17.9 Å². The Hall–Kier alpha value is -1.29. The normalized spacial score (nSPS) is 12.8. The summed E-state index contributed by atoms with van der Waals surface area (Å²) < 4.78 is 11.9. The van der Waals surface area contributed by atoms with Gasteiger partial charge in [-0.25, -0.2) is 0 Å². The molecule has 0 aromatic heterocycles. The third kappa shape index (κ3) is 2.59. The van der Waals surface area contributed by atoms with E-state index in [1.165, 1.54) is 18.2 Å². The SMILES string of the molecule is N[C@H](CCF)c1cc(O)cc(O)c1. The average molecular weight is 185 g/mol. The molecule has 0 heterocycles. The highest BCUT2D eigenvalue weighted by atomic mass is 19.1. The molecule has 0 aliphatic rings. The van der Waals surface area contributed by atoms with Gasteiger partial charge in [-0.15, -0.1) is 0 Å². The third-order valence-corrected chi connectivity index (χ3v) is 1.77. The fourth-order valence-corrected chi connectivity index (χ4v) is 1.12. The first kappa shape index (κ1) is 9.80. The molecule has 0 aliphatic heterocycles. The lowest BCUT2D eigenvalue weighted by Crippen LogP contribution is -2.10. The summed E-state index contributed by atoms with van der Waals surface area (Å²) in [7, 11) is 0. The highest BCUT2D eigenvalue weighted by molar-refractivity contribution is 5.37. The minimum atomic E-state index is -0.516. The molecule has 1 aromatic rings. The molecule has 0 bridgehead atoms. The number of hydrogen-bond acceptors (Lipinski definition) is 3. The van der Waals surface area contributed by atoms with E-state index in [0.717, 1.165) is 0 Å². The van der Waals surface area contributed by atoms with Crippen LogP contribution in [0.25, 0.3) is 0 Å². The van der Waals surface area contributed by atoms with Crippen molar-refractivity contribution < 1.29 is 14.6 Å². The van der Waals surface area contributed by atoms with Crippen LogP contribution >= 0.6 is 0 Å². The first-order valence-electron chi connectivity index (χ1n) is 3.98. The maximum atomic E-state index is 11.9. The molecule has 0 aliphatic carbocycles. The van der Waals surface area contributed by atoms with Crippen molar-refractivity contribution in [2.75, 3.05) is 6.67 Å². The van der Waals surface area contributed by atoms with Crippen LogP contribution < -0.4 is 5.73 Å². The number of nitrogens with two attached hydrogens (primary N) is 1. The number of benzene rings is 1. The van der Waals surface area contributed by atoms with E-state index in [2.05, 4.69) is 0 Å². The molecule has 0 fully saturated rings. The van der Waals surface area contributed by atoms with Crippen molar-refractivity contribution in [3.63, 3.8) is 0 Å². The van der Waals surface area contributed by atoms with Gasteiger partial charge in [0.15, 0.2) is 0 Å². The van der Waals surface area contributed by atoms with Crippen LogP contribution in [0, 0.1) is 0 Å². The zero-order valence-electron chi connectivity index (χ0n) is 7.07. The molecule has 0 saturated carbocycles. The molecule has 4 N–H and O–H groups in total. The summed E-state index contributed by atoms with van der Waals surface area (Å²) >= 11 is 0. The molecule has 1 rings (SSSR count). The Labute approximate surface area is 75.6 Å². The van der Waals surface area contributed by atoms with E-state index < -0.39 is 12.7 Å². The Balaban J connectivity index is 2.87. The summed E-state index contributed by atoms with van der Waals surface area (Å²) in [5, 5.41) is 18.2. The van der Waals surface area contributed by atoms with Gasteiger partial charge < -0.3 is 15.9 Å². The number of rotatable bonds is 3. The van der Waals surface area contributed by atoms with Crippen LogP contribution in [0.5, 0.6) is 11.5 Å². The molecule has 0 saturated heterocycles. The molecule has 4 heteroatoms. The van der Waals surface area contributed by atoms with Crippen LogP contribution in [-0.4, -0.2) is 16.9 Å². The van der Waals surface area contributed by atoms with E-state index in [0.29, 0.717) is 5.56 Å². The second kappa shape index (κ2) is 4.09. The van der Waals surface area contributed by atoms with Gasteiger partial charge in [0.05, 0.1) is 6.67 Å². The van der Waals surface area contributed by atoms with Gasteiger partial charge >= 0.3 is 0 Å². The summed E-state index contributed by atoms with van der Waals surface area (Å²) in [5.74, 6) is -0.131. The molecule has 1 atom stereocenters. The Kier molecular flexibility index (Phi) is 3.08. The zero-order valence-corrected chi connectivity index (χ0v) is 7.07. The summed E-state index contributed by atoms with van der Waals surface area (Å²) in [6.45, 7) is -0.516. The molecular formula is C9H12FNO2. The minimum absolute atomic E-state index is 0.0655. The van der Waals surface area contributed by atoms with Crippen molar-refractivity contribution in [3.05, 3.63) is 23.8 Å². The maximum absolute atomic E-state index is 11.9. The second-order valence-corrected chi connectivity index (χ2v) is 2.87. The third-order valence-electron chi connectivity index (χ3n) is 1.77. The van der Waals surface area contributed by atoms with Crippen molar-refractivity contribution >= 4 is 0 Å². The number of hydrogen-bond donors (Lipinski definition) is 3. The molecule has 0 radical (unpaired) electrons. The number of halogens is 1. The lowest BCUT2D eigenvalue weighted by Gasteiger charge is -2.10. The van der Waals surface area contributed by atoms with Crippen LogP contribution in [0.15, 0.2) is 18.2 Å². The van der Waals surface area contributed by atoms with E-state index in [1.54, 1.807) is 0 Å². The largest absolute Gasteiger partial charge is 0.508 e. The Morgan fingerprint density at radius 2 is 1.77 bits per heavy atom. The van der Waals surface area contributed by atoms with E-state index >= 15 is 0 Å². The van der Waals surface area contributed by atoms with Gasteiger partial charge in [0.1, 0.15) is 11.5 Å². The summed E-state index contributed by atoms with van der Waals surface area (Å²) in [6.07, 6.45) is 0.183. The van der Waals surface area contributed by atoms with Gasteiger partial charge in [-0.05, 0) is 24.1 Å². The predicted octanol–water partition coefficient (Wildman–Crippen LogP) is 1.46. The highest BCUT2D eigenvalue weighted by Crippen LogP contribution is 2.25. The van der Waals surface area contributed by atoms with E-state index in [4.69, 9.17) is 15.9 Å². The first-order valence-corrected chi connectivity index (χ1v) is 3.98. The Morgan fingerprint density at radius 3 is 2.23 bits per heavy atom. The number of alkyl halides is 1. The zero-order chi connectivity index (χ0) is 9.84. The first-order chi connectivity index (χ1) is 6.13. The van der Waals surface area contributed by atoms with Crippen molar-refractivity contribution in [1.29, 1.82) is 0 Å². The van der Waals surface area contributed by atoms with Gasteiger partial charge in [0.25, 0.3) is 0 Å². The average Bonchev–Trinajstić information content (AvgIpc) is 2.03. The summed E-state index contributed by atoms with van der Waals surface area (Å²) in [5.41, 5.74) is 6.12. The lowest BCUT2D eigenvalue weighted by atomic mass is 10.0. The van der Waals surface area contributed by atoms with Crippen LogP contribution in [0.2, 0.25) is 0 Å². The summed E-state index contributed by atoms with van der Waals surface area (Å²) in [6, 6.07) is 3.55. The van der Waals surface area contributed by atoms with Crippen LogP contribution in [0.1, 0.15) is 18.0 Å². The molecule has 72 valence electrons. The minimum Gasteiger partial charge on any atom is -0.508 e. The standard InChI is InChI=1S/C9H12FNO2/c10-2-1-9(11)6-3-7(12)5-8(13)4-6/h3-5,9,12-13H,1-2,11H2/t9-/m1/s1. The molecule has 0 amide bonds. The van der Waals surface area contributed by atoms with Gasteiger partial charge in [0.2, 0.25) is 0 Å². The highest BCUT2D eigenvalue weighted by Gasteiger charge is 2.07. The molecule has 1 aromatic carbocycles. The Morgan fingerprint density at radius 1 is 1.23 bits per heavy atom. The van der Waals surface area contributed by atoms with Gasteiger partial charge in [0, 0.05) is 12.1 Å². The molecule has 0 unspecified atom stereocenters.